The molecule has 1 amide bonds. The molecule has 0 radical (unpaired) electrons. The maximum atomic E-state index is 12.5. The monoisotopic (exact) mass is 1030 g/mol. The number of ether oxygens (including phenoxy) is 1. The molecular formula is C67H127NO5. The van der Waals surface area contributed by atoms with Gasteiger partial charge in [0.05, 0.1) is 25.4 Å². The van der Waals surface area contributed by atoms with Gasteiger partial charge in [-0.05, 0) is 64.2 Å². The summed E-state index contributed by atoms with van der Waals surface area (Å²) in [7, 11) is 0. The lowest BCUT2D eigenvalue weighted by Crippen LogP contribution is -2.45. The van der Waals surface area contributed by atoms with E-state index >= 15 is 0 Å². The third-order valence-corrected chi connectivity index (χ3v) is 15.2. The highest BCUT2D eigenvalue weighted by molar-refractivity contribution is 5.76. The van der Waals surface area contributed by atoms with Crippen molar-refractivity contribution >= 4 is 11.9 Å². The molecule has 0 heterocycles. The summed E-state index contributed by atoms with van der Waals surface area (Å²) >= 11 is 0. The van der Waals surface area contributed by atoms with Crippen molar-refractivity contribution < 1.29 is 24.5 Å². The van der Waals surface area contributed by atoms with Gasteiger partial charge in [0.1, 0.15) is 0 Å². The molecule has 0 saturated carbocycles. The van der Waals surface area contributed by atoms with Crippen LogP contribution < -0.4 is 5.32 Å². The zero-order valence-electron chi connectivity index (χ0n) is 49.1. The molecule has 0 aromatic rings. The minimum atomic E-state index is -0.842. The van der Waals surface area contributed by atoms with Crippen molar-refractivity contribution in [3.05, 3.63) is 36.5 Å². The van der Waals surface area contributed by atoms with Crippen molar-refractivity contribution in [2.24, 2.45) is 0 Å². The van der Waals surface area contributed by atoms with E-state index in [4.69, 9.17) is 4.74 Å². The van der Waals surface area contributed by atoms with Gasteiger partial charge in [-0.3, -0.25) is 9.59 Å². The van der Waals surface area contributed by atoms with E-state index in [1.165, 1.54) is 276 Å². The van der Waals surface area contributed by atoms with Gasteiger partial charge in [0.2, 0.25) is 5.91 Å². The zero-order valence-corrected chi connectivity index (χ0v) is 49.1. The molecule has 0 aromatic heterocycles. The van der Waals surface area contributed by atoms with Gasteiger partial charge in [0.15, 0.2) is 0 Å². The normalized spacial score (nSPS) is 12.8. The van der Waals surface area contributed by atoms with Crippen molar-refractivity contribution in [1.82, 2.24) is 5.32 Å². The fraction of sp³-hybridized carbons (Fsp3) is 0.881. The molecule has 0 aliphatic heterocycles. The third-order valence-electron chi connectivity index (χ3n) is 15.2. The second-order valence-electron chi connectivity index (χ2n) is 22.5. The van der Waals surface area contributed by atoms with Crippen LogP contribution in [0.4, 0.5) is 0 Å². The van der Waals surface area contributed by atoms with E-state index in [1.54, 1.807) is 6.08 Å². The van der Waals surface area contributed by atoms with Crippen LogP contribution in [0.2, 0.25) is 0 Å². The number of amides is 1. The van der Waals surface area contributed by atoms with Crippen LogP contribution in [0, 0.1) is 0 Å². The second kappa shape index (κ2) is 62.6. The second-order valence-corrected chi connectivity index (χ2v) is 22.5. The first kappa shape index (κ1) is 71.1. The van der Waals surface area contributed by atoms with E-state index in [0.717, 1.165) is 51.4 Å². The molecule has 430 valence electrons. The van der Waals surface area contributed by atoms with Gasteiger partial charge in [0.25, 0.3) is 0 Å². The average Bonchev–Trinajstić information content (AvgIpc) is 3.39. The first-order chi connectivity index (χ1) is 36.0. The maximum absolute atomic E-state index is 12.5. The molecule has 6 nitrogen and oxygen atoms in total. The molecule has 0 aliphatic rings. The topological polar surface area (TPSA) is 95.9 Å². The van der Waals surface area contributed by atoms with E-state index in [2.05, 4.69) is 43.5 Å². The Bertz CT molecular complexity index is 1180. The van der Waals surface area contributed by atoms with E-state index in [0.29, 0.717) is 19.4 Å². The largest absolute Gasteiger partial charge is 0.466 e. The van der Waals surface area contributed by atoms with Crippen LogP contribution >= 0.6 is 0 Å². The van der Waals surface area contributed by atoms with Crippen molar-refractivity contribution in [2.75, 3.05) is 13.2 Å². The first-order valence-electron chi connectivity index (χ1n) is 32.8. The summed E-state index contributed by atoms with van der Waals surface area (Å²) < 4.78 is 5.49. The molecule has 0 aromatic carbocycles. The maximum Gasteiger partial charge on any atom is 0.305 e. The Hall–Kier alpha value is -1.92. The highest BCUT2D eigenvalue weighted by Crippen LogP contribution is 2.18. The standard InChI is InChI=1S/C67H127NO5/c1-3-5-7-9-11-13-15-17-19-33-37-41-45-49-53-57-61-67(72)73-62-58-54-50-46-42-38-34-31-29-27-25-23-21-20-22-24-26-28-30-32-36-40-44-48-52-56-60-66(71)68-64(63-69)65(70)59-55-51-47-43-39-35-18-16-14-12-10-8-6-4-2/h13,15,19,33,55,59,64-65,69-70H,3-12,14,16-18,20-32,34-54,56-58,60-63H2,1-2H3,(H,68,71)/b15-13-,33-19-,59-55+. The minimum absolute atomic E-state index is 0.00349. The molecule has 0 spiro atoms. The van der Waals surface area contributed by atoms with Crippen LogP contribution in [0.1, 0.15) is 354 Å². The van der Waals surface area contributed by atoms with Crippen molar-refractivity contribution in [3.8, 4) is 0 Å². The molecule has 0 aliphatic carbocycles. The van der Waals surface area contributed by atoms with Crippen molar-refractivity contribution in [1.29, 1.82) is 0 Å². The summed E-state index contributed by atoms with van der Waals surface area (Å²) in [6.45, 7) is 4.90. The number of esters is 1. The number of aliphatic hydroxyl groups excluding tert-OH is 2. The fourth-order valence-electron chi connectivity index (χ4n) is 10.1. The Balaban J connectivity index is 3.37. The lowest BCUT2D eigenvalue weighted by molar-refractivity contribution is -0.143. The number of hydrogen-bond acceptors (Lipinski definition) is 5. The number of carbonyl (C=O) groups excluding carboxylic acids is 2. The van der Waals surface area contributed by atoms with Crippen molar-refractivity contribution in [3.63, 3.8) is 0 Å². The van der Waals surface area contributed by atoms with Crippen LogP contribution in [0.25, 0.3) is 0 Å². The smallest absolute Gasteiger partial charge is 0.305 e. The molecule has 2 unspecified atom stereocenters. The molecule has 73 heavy (non-hydrogen) atoms. The molecule has 3 N–H and O–H groups in total. The molecule has 2 atom stereocenters. The molecule has 0 bridgehead atoms. The molecule has 6 heteroatoms. The van der Waals surface area contributed by atoms with E-state index in [9.17, 15) is 19.8 Å². The van der Waals surface area contributed by atoms with Gasteiger partial charge in [-0.2, -0.15) is 0 Å². The summed E-state index contributed by atoms with van der Waals surface area (Å²) in [5, 5.41) is 23.1. The predicted octanol–water partition coefficient (Wildman–Crippen LogP) is 20.8. The number of hydrogen-bond donors (Lipinski definition) is 3. The zero-order chi connectivity index (χ0) is 52.9. The third kappa shape index (κ3) is 59.2. The van der Waals surface area contributed by atoms with Crippen molar-refractivity contribution in [2.45, 2.75) is 366 Å². The number of allylic oxidation sites excluding steroid dienone is 5. The van der Waals surface area contributed by atoms with Crippen LogP contribution in [-0.2, 0) is 14.3 Å². The van der Waals surface area contributed by atoms with Gasteiger partial charge in [-0.15, -0.1) is 0 Å². The van der Waals surface area contributed by atoms with Crippen LogP contribution in [0.15, 0.2) is 36.5 Å². The lowest BCUT2D eigenvalue weighted by Gasteiger charge is -2.20. The van der Waals surface area contributed by atoms with Gasteiger partial charge >= 0.3 is 5.97 Å². The quantitative estimate of drug-likeness (QED) is 0.0320. The minimum Gasteiger partial charge on any atom is -0.466 e. The summed E-state index contributed by atoms with van der Waals surface area (Å²) in [5.74, 6) is -0.0612. The summed E-state index contributed by atoms with van der Waals surface area (Å²) in [6, 6.07) is -0.626. The highest BCUT2D eigenvalue weighted by Gasteiger charge is 2.18. The predicted molar refractivity (Wildman–Crippen MR) is 319 cm³/mol. The number of aliphatic hydroxyl groups is 2. The summed E-state index contributed by atoms with van der Waals surface area (Å²) in [4.78, 5) is 24.5. The van der Waals surface area contributed by atoms with Crippen LogP contribution in [-0.4, -0.2) is 47.4 Å². The van der Waals surface area contributed by atoms with Crippen LogP contribution in [0.3, 0.4) is 0 Å². The Morgan fingerprint density at radius 1 is 0.384 bits per heavy atom. The molecule has 0 fully saturated rings. The Morgan fingerprint density at radius 3 is 1.05 bits per heavy atom. The summed E-state index contributed by atoms with van der Waals surface area (Å²) in [5.41, 5.74) is 0. The van der Waals surface area contributed by atoms with Crippen LogP contribution in [0.5, 0.6) is 0 Å². The molecule has 0 saturated heterocycles. The number of unbranched alkanes of at least 4 members (excludes halogenated alkanes) is 46. The van der Waals surface area contributed by atoms with E-state index in [1.807, 2.05) is 6.08 Å². The number of carbonyl (C=O) groups is 2. The van der Waals surface area contributed by atoms with E-state index in [-0.39, 0.29) is 18.5 Å². The molecular weight excluding hydrogens is 899 g/mol. The summed E-state index contributed by atoms with van der Waals surface area (Å²) in [6.07, 6.45) is 79.1. The Kier molecular flexibility index (Phi) is 61.0. The lowest BCUT2D eigenvalue weighted by atomic mass is 10.0. The Morgan fingerprint density at radius 2 is 0.685 bits per heavy atom. The average molecular weight is 1030 g/mol. The Labute approximate surface area is 455 Å². The van der Waals surface area contributed by atoms with Gasteiger partial charge in [0, 0.05) is 12.8 Å². The fourth-order valence-corrected chi connectivity index (χ4v) is 10.1. The van der Waals surface area contributed by atoms with E-state index < -0.39 is 12.1 Å². The van der Waals surface area contributed by atoms with Gasteiger partial charge in [-0.25, -0.2) is 0 Å². The number of rotatable bonds is 61. The SMILES string of the molecule is CCCCCC/C=C\C/C=C\CCCCCCCC(=O)OCCCCCCCCCCCCCCCCCCCCCCCCCCCCC(=O)NC(CO)C(O)/C=C/CCCCCCCCCCCCCC. The highest BCUT2D eigenvalue weighted by atomic mass is 16.5. The van der Waals surface area contributed by atoms with Gasteiger partial charge in [-0.1, -0.05) is 314 Å². The molecule has 0 rings (SSSR count). The van der Waals surface area contributed by atoms with Gasteiger partial charge < -0.3 is 20.3 Å². The number of nitrogens with one attached hydrogen (secondary N) is 1. The first-order valence-corrected chi connectivity index (χ1v) is 32.8.